The highest BCUT2D eigenvalue weighted by molar-refractivity contribution is 5.50. The zero-order valence-electron chi connectivity index (χ0n) is 10.9. The van der Waals surface area contributed by atoms with E-state index < -0.39 is 5.82 Å². The third kappa shape index (κ3) is 2.58. The molecule has 0 aliphatic carbocycles. The van der Waals surface area contributed by atoms with Crippen molar-refractivity contribution in [2.24, 2.45) is 5.92 Å². The van der Waals surface area contributed by atoms with Crippen LogP contribution in [0.15, 0.2) is 6.07 Å². The van der Waals surface area contributed by atoms with Crippen LogP contribution in [0, 0.1) is 18.7 Å². The van der Waals surface area contributed by atoms with E-state index in [4.69, 9.17) is 4.74 Å². The minimum atomic E-state index is -0.499. The van der Waals surface area contributed by atoms with Gasteiger partial charge in [-0.3, -0.25) is 0 Å². The lowest BCUT2D eigenvalue weighted by Gasteiger charge is -2.24. The average Bonchev–Trinajstić information content (AvgIpc) is 2.36. The molecule has 1 aliphatic rings. The van der Waals surface area contributed by atoms with Crippen LogP contribution in [0.3, 0.4) is 0 Å². The van der Waals surface area contributed by atoms with Crippen molar-refractivity contribution in [2.45, 2.75) is 26.2 Å². The van der Waals surface area contributed by atoms with Gasteiger partial charge in [-0.25, -0.2) is 4.39 Å². The Balaban J connectivity index is 2.26. The molecule has 18 heavy (non-hydrogen) atoms. The number of hydrogen-bond acceptors (Lipinski definition) is 3. The molecule has 1 aromatic carbocycles. The van der Waals surface area contributed by atoms with Crippen molar-refractivity contribution in [1.29, 1.82) is 0 Å². The first-order valence-electron chi connectivity index (χ1n) is 6.39. The van der Waals surface area contributed by atoms with Crippen molar-refractivity contribution in [3.63, 3.8) is 0 Å². The van der Waals surface area contributed by atoms with E-state index >= 15 is 0 Å². The Hall–Kier alpha value is -1.29. The van der Waals surface area contributed by atoms with Gasteiger partial charge in [0.05, 0.1) is 7.11 Å². The van der Waals surface area contributed by atoms with E-state index in [1.54, 1.807) is 0 Å². The van der Waals surface area contributed by atoms with Crippen LogP contribution in [0.2, 0.25) is 0 Å². The first-order chi connectivity index (χ1) is 8.63. The van der Waals surface area contributed by atoms with Gasteiger partial charge in [0.2, 0.25) is 0 Å². The van der Waals surface area contributed by atoms with Gasteiger partial charge in [-0.2, -0.15) is 0 Å². The number of hydrogen-bond donors (Lipinski definition) is 2. The Kier molecular flexibility index (Phi) is 4.07. The van der Waals surface area contributed by atoms with Crippen molar-refractivity contribution in [3.8, 4) is 11.5 Å². The summed E-state index contributed by atoms with van der Waals surface area (Å²) in [7, 11) is 1.38. The van der Waals surface area contributed by atoms with E-state index in [1.807, 2.05) is 6.92 Å². The zero-order valence-corrected chi connectivity index (χ0v) is 10.9. The van der Waals surface area contributed by atoms with Gasteiger partial charge in [-0.15, -0.1) is 0 Å². The molecule has 1 saturated heterocycles. The molecular formula is C14H20FNO2. The smallest absolute Gasteiger partial charge is 0.196 e. The van der Waals surface area contributed by atoms with E-state index in [0.29, 0.717) is 5.92 Å². The fourth-order valence-corrected chi connectivity index (χ4v) is 2.61. The molecule has 2 rings (SSSR count). The van der Waals surface area contributed by atoms with E-state index in [2.05, 4.69) is 5.32 Å². The lowest BCUT2D eigenvalue weighted by atomic mass is 9.88. The van der Waals surface area contributed by atoms with Crippen LogP contribution in [-0.2, 0) is 6.42 Å². The first kappa shape index (κ1) is 13.1. The lowest BCUT2D eigenvalue weighted by molar-refractivity contribution is 0.338. The molecule has 4 heteroatoms. The molecule has 3 nitrogen and oxygen atoms in total. The van der Waals surface area contributed by atoms with Crippen molar-refractivity contribution in [1.82, 2.24) is 5.32 Å². The lowest BCUT2D eigenvalue weighted by Crippen LogP contribution is -2.28. The second kappa shape index (κ2) is 5.57. The number of nitrogens with one attached hydrogen (secondary N) is 1. The number of aryl methyl sites for hydroxylation is 1. The predicted octanol–water partition coefficient (Wildman–Crippen LogP) is 2.39. The van der Waals surface area contributed by atoms with Crippen LogP contribution in [-0.4, -0.2) is 25.3 Å². The monoisotopic (exact) mass is 253 g/mol. The number of aromatic hydroxyl groups is 1. The Morgan fingerprint density at radius 3 is 2.72 bits per heavy atom. The summed E-state index contributed by atoms with van der Waals surface area (Å²) in [4.78, 5) is 0. The third-order valence-corrected chi connectivity index (χ3v) is 3.69. The van der Waals surface area contributed by atoms with Gasteiger partial charge < -0.3 is 15.2 Å². The SMILES string of the molecule is COc1c(F)cc(C)c(CC2CCNCC2)c1O. The third-order valence-electron chi connectivity index (χ3n) is 3.69. The minimum absolute atomic E-state index is 0.0338. The second-order valence-corrected chi connectivity index (χ2v) is 4.93. The maximum Gasteiger partial charge on any atom is 0.196 e. The summed E-state index contributed by atoms with van der Waals surface area (Å²) < 4.78 is 18.5. The van der Waals surface area contributed by atoms with Crippen LogP contribution in [0.4, 0.5) is 4.39 Å². The van der Waals surface area contributed by atoms with E-state index in [1.165, 1.54) is 13.2 Å². The minimum Gasteiger partial charge on any atom is -0.504 e. The molecule has 0 atom stereocenters. The molecule has 0 saturated carbocycles. The van der Waals surface area contributed by atoms with E-state index in [9.17, 15) is 9.50 Å². The molecule has 0 bridgehead atoms. The molecule has 0 amide bonds. The number of phenolic OH excluding ortho intramolecular Hbond substituents is 1. The van der Waals surface area contributed by atoms with Gasteiger partial charge in [0.15, 0.2) is 17.3 Å². The zero-order chi connectivity index (χ0) is 13.1. The van der Waals surface area contributed by atoms with Crippen LogP contribution >= 0.6 is 0 Å². The highest BCUT2D eigenvalue weighted by Gasteiger charge is 2.21. The Morgan fingerprint density at radius 1 is 1.44 bits per heavy atom. The van der Waals surface area contributed by atoms with Crippen molar-refractivity contribution >= 4 is 0 Å². The molecule has 0 spiro atoms. The molecule has 1 fully saturated rings. The molecule has 1 aliphatic heterocycles. The topological polar surface area (TPSA) is 41.5 Å². The van der Waals surface area contributed by atoms with Crippen LogP contribution in [0.5, 0.6) is 11.5 Å². The Morgan fingerprint density at radius 2 is 2.11 bits per heavy atom. The summed E-state index contributed by atoms with van der Waals surface area (Å²) in [6.45, 7) is 3.87. The van der Waals surface area contributed by atoms with Gasteiger partial charge in [-0.1, -0.05) is 0 Å². The van der Waals surface area contributed by atoms with Crippen LogP contribution < -0.4 is 10.1 Å². The van der Waals surface area contributed by atoms with Crippen LogP contribution in [0.1, 0.15) is 24.0 Å². The number of piperidine rings is 1. The number of benzene rings is 1. The van der Waals surface area contributed by atoms with Gasteiger partial charge in [0, 0.05) is 5.56 Å². The highest BCUT2D eigenvalue weighted by atomic mass is 19.1. The van der Waals surface area contributed by atoms with E-state index in [0.717, 1.165) is 43.5 Å². The summed E-state index contributed by atoms with van der Waals surface area (Å²) in [5, 5.41) is 13.4. The molecule has 100 valence electrons. The van der Waals surface area contributed by atoms with Gasteiger partial charge in [0.25, 0.3) is 0 Å². The van der Waals surface area contributed by atoms with Crippen molar-refractivity contribution in [2.75, 3.05) is 20.2 Å². The molecule has 0 radical (unpaired) electrons. The summed E-state index contributed by atoms with van der Waals surface area (Å²) in [5.41, 5.74) is 1.62. The van der Waals surface area contributed by atoms with Crippen molar-refractivity contribution in [3.05, 3.63) is 23.0 Å². The standard InChI is InChI=1S/C14H20FNO2/c1-9-7-12(15)14(18-2)13(17)11(9)8-10-3-5-16-6-4-10/h7,10,16-17H,3-6,8H2,1-2H3. The van der Waals surface area contributed by atoms with Gasteiger partial charge >= 0.3 is 0 Å². The summed E-state index contributed by atoms with van der Waals surface area (Å²) in [6, 6.07) is 1.44. The van der Waals surface area contributed by atoms with Gasteiger partial charge in [-0.05, 0) is 56.8 Å². The fraction of sp³-hybridized carbons (Fsp3) is 0.571. The molecular weight excluding hydrogens is 233 g/mol. The van der Waals surface area contributed by atoms with Gasteiger partial charge in [0.1, 0.15) is 0 Å². The molecule has 0 unspecified atom stereocenters. The maximum absolute atomic E-state index is 13.6. The second-order valence-electron chi connectivity index (χ2n) is 4.93. The summed E-state index contributed by atoms with van der Waals surface area (Å²) >= 11 is 0. The number of phenols is 1. The number of rotatable bonds is 3. The number of methoxy groups -OCH3 is 1. The van der Waals surface area contributed by atoms with Crippen LogP contribution in [0.25, 0.3) is 0 Å². The van der Waals surface area contributed by atoms with E-state index in [-0.39, 0.29) is 11.5 Å². The summed E-state index contributed by atoms with van der Waals surface area (Å²) in [6.07, 6.45) is 2.98. The number of halogens is 1. The quantitative estimate of drug-likeness (QED) is 0.869. The number of ether oxygens (including phenoxy) is 1. The van der Waals surface area contributed by atoms with Crippen molar-refractivity contribution < 1.29 is 14.2 Å². The molecule has 2 N–H and O–H groups in total. The first-order valence-corrected chi connectivity index (χ1v) is 6.39. The fourth-order valence-electron chi connectivity index (χ4n) is 2.61. The predicted molar refractivity (Wildman–Crippen MR) is 68.7 cm³/mol. The maximum atomic E-state index is 13.6. The molecule has 1 aromatic rings. The average molecular weight is 253 g/mol. The highest BCUT2D eigenvalue weighted by Crippen LogP contribution is 2.37. The molecule has 1 heterocycles. The Bertz CT molecular complexity index is 428. The molecule has 0 aromatic heterocycles. The normalized spacial score (nSPS) is 16.8. The summed E-state index contributed by atoms with van der Waals surface area (Å²) in [5.74, 6) is -0.0226. The largest absolute Gasteiger partial charge is 0.504 e. The Labute approximate surface area is 107 Å².